The number of rotatable bonds is 6. The van der Waals surface area contributed by atoms with E-state index >= 15 is 0 Å². The highest BCUT2D eigenvalue weighted by Gasteiger charge is 2.06. The summed E-state index contributed by atoms with van der Waals surface area (Å²) in [6, 6.07) is 14.4. The summed E-state index contributed by atoms with van der Waals surface area (Å²) in [6.45, 7) is 10.3. The van der Waals surface area contributed by atoms with Gasteiger partial charge in [-0.3, -0.25) is 9.97 Å². The molecule has 28 heavy (non-hydrogen) atoms. The van der Waals surface area contributed by atoms with E-state index in [1.165, 1.54) is 0 Å². The van der Waals surface area contributed by atoms with Crippen LogP contribution in [0.25, 0.3) is 27.7 Å². The molecule has 0 saturated carbocycles. The molecule has 0 spiro atoms. The van der Waals surface area contributed by atoms with Crippen molar-refractivity contribution in [2.45, 2.75) is 20.8 Å². The van der Waals surface area contributed by atoms with Gasteiger partial charge in [0.2, 0.25) is 0 Å². The van der Waals surface area contributed by atoms with E-state index in [-0.39, 0.29) is 0 Å². The Balaban J connectivity index is 0.00000136. The zero-order valence-electron chi connectivity index (χ0n) is 17.1. The number of fused-ring (bicyclic) bond motifs is 1. The number of hydrogen-bond donors (Lipinski definition) is 0. The first-order chi connectivity index (χ1) is 13.7. The van der Waals surface area contributed by atoms with Crippen molar-refractivity contribution in [3.05, 3.63) is 90.8 Å². The van der Waals surface area contributed by atoms with Gasteiger partial charge in [-0.25, -0.2) is 0 Å². The van der Waals surface area contributed by atoms with Crippen molar-refractivity contribution in [1.82, 2.24) is 9.97 Å². The Bertz CT molecular complexity index is 970. The molecule has 1 aromatic carbocycles. The molecule has 0 aliphatic rings. The van der Waals surface area contributed by atoms with Gasteiger partial charge in [-0.05, 0) is 36.3 Å². The molecule has 3 aromatic rings. The van der Waals surface area contributed by atoms with Crippen LogP contribution in [0.15, 0.2) is 79.5 Å². The highest BCUT2D eigenvalue weighted by molar-refractivity contribution is 5.84. The van der Waals surface area contributed by atoms with Gasteiger partial charge >= 0.3 is 0 Å². The normalized spacial score (nSPS) is 11.4. The van der Waals surface area contributed by atoms with Crippen LogP contribution in [-0.2, 0) is 4.74 Å². The number of aromatic nitrogens is 2. The average molecular weight is 373 g/mol. The molecule has 0 aliphatic carbocycles. The summed E-state index contributed by atoms with van der Waals surface area (Å²) in [7, 11) is 1.69. The predicted molar refractivity (Wildman–Crippen MR) is 120 cm³/mol. The van der Waals surface area contributed by atoms with Crippen molar-refractivity contribution in [2.24, 2.45) is 0 Å². The number of methoxy groups -OCH3 is 1. The topological polar surface area (TPSA) is 35.0 Å². The van der Waals surface area contributed by atoms with Crippen LogP contribution in [0, 0.1) is 6.92 Å². The SMILES string of the molecule is C=C/C=C\C(=C/COC)c1ccc(-c2cc3ncccc3c(C)n2)cc1.CC. The summed E-state index contributed by atoms with van der Waals surface area (Å²) >= 11 is 0. The Morgan fingerprint density at radius 2 is 1.89 bits per heavy atom. The van der Waals surface area contributed by atoms with Gasteiger partial charge in [-0.15, -0.1) is 0 Å². The molecular weight excluding hydrogens is 344 g/mol. The quantitative estimate of drug-likeness (QED) is 0.469. The van der Waals surface area contributed by atoms with Crippen LogP contribution in [0.2, 0.25) is 0 Å². The minimum atomic E-state index is 0.565. The van der Waals surface area contributed by atoms with Gasteiger partial charge in [-0.1, -0.05) is 69.0 Å². The van der Waals surface area contributed by atoms with Crippen LogP contribution in [0.4, 0.5) is 0 Å². The van der Waals surface area contributed by atoms with Gasteiger partial charge in [0, 0.05) is 30.0 Å². The number of allylic oxidation sites excluding steroid dienone is 4. The lowest BCUT2D eigenvalue weighted by Gasteiger charge is -2.08. The van der Waals surface area contributed by atoms with Gasteiger partial charge in [0.05, 0.1) is 17.8 Å². The van der Waals surface area contributed by atoms with E-state index in [0.717, 1.165) is 39.0 Å². The maximum absolute atomic E-state index is 5.17. The molecule has 3 heteroatoms. The third kappa shape index (κ3) is 5.24. The third-order valence-corrected chi connectivity index (χ3v) is 4.19. The summed E-state index contributed by atoms with van der Waals surface area (Å²) in [6.07, 6.45) is 9.59. The molecule has 3 nitrogen and oxygen atoms in total. The van der Waals surface area contributed by atoms with Gasteiger partial charge in [0.1, 0.15) is 0 Å². The molecule has 0 unspecified atom stereocenters. The molecule has 0 atom stereocenters. The van der Waals surface area contributed by atoms with Crippen molar-refractivity contribution >= 4 is 16.5 Å². The first-order valence-electron chi connectivity index (χ1n) is 9.54. The minimum Gasteiger partial charge on any atom is -0.381 e. The summed E-state index contributed by atoms with van der Waals surface area (Å²) in [4.78, 5) is 9.20. The van der Waals surface area contributed by atoms with E-state index in [1.54, 1.807) is 13.2 Å². The smallest absolute Gasteiger partial charge is 0.0741 e. The summed E-state index contributed by atoms with van der Waals surface area (Å²) < 4.78 is 5.17. The Morgan fingerprint density at radius 3 is 2.57 bits per heavy atom. The van der Waals surface area contributed by atoms with E-state index in [1.807, 2.05) is 51.3 Å². The monoisotopic (exact) mass is 372 g/mol. The Kier molecular flexibility index (Phi) is 8.32. The Labute approximate surface area is 168 Å². The molecular formula is C25H28N2O. The number of pyridine rings is 2. The van der Waals surface area contributed by atoms with Gasteiger partial charge in [0.15, 0.2) is 0 Å². The first kappa shape index (κ1) is 21.3. The summed E-state index contributed by atoms with van der Waals surface area (Å²) in [5, 5.41) is 1.09. The fourth-order valence-corrected chi connectivity index (χ4v) is 2.85. The molecule has 3 rings (SSSR count). The number of aryl methyl sites for hydroxylation is 1. The van der Waals surface area contributed by atoms with E-state index in [9.17, 15) is 0 Å². The second-order valence-corrected chi connectivity index (χ2v) is 5.95. The maximum atomic E-state index is 5.17. The molecule has 0 radical (unpaired) electrons. The predicted octanol–water partition coefficient (Wildman–Crippen LogP) is 6.40. The zero-order chi connectivity index (χ0) is 20.4. The highest BCUT2D eigenvalue weighted by Crippen LogP contribution is 2.25. The second kappa shape index (κ2) is 11.0. The number of benzene rings is 1. The minimum absolute atomic E-state index is 0.565. The molecule has 0 amide bonds. The number of hydrogen-bond acceptors (Lipinski definition) is 3. The van der Waals surface area contributed by atoms with Crippen molar-refractivity contribution in [3.63, 3.8) is 0 Å². The first-order valence-corrected chi connectivity index (χ1v) is 9.54. The molecule has 0 bridgehead atoms. The van der Waals surface area contributed by atoms with E-state index in [0.29, 0.717) is 6.61 Å². The largest absolute Gasteiger partial charge is 0.381 e. The summed E-state index contributed by atoms with van der Waals surface area (Å²) in [5.41, 5.74) is 6.19. The average Bonchev–Trinajstić information content (AvgIpc) is 2.75. The fraction of sp³-hybridized carbons (Fsp3) is 0.200. The molecule has 2 aromatic heterocycles. The fourth-order valence-electron chi connectivity index (χ4n) is 2.85. The van der Waals surface area contributed by atoms with Crippen LogP contribution in [-0.4, -0.2) is 23.7 Å². The molecule has 0 saturated heterocycles. The lowest BCUT2D eigenvalue weighted by Crippen LogP contribution is -1.92. The van der Waals surface area contributed by atoms with Crippen LogP contribution in [0.5, 0.6) is 0 Å². The third-order valence-electron chi connectivity index (χ3n) is 4.19. The molecule has 0 aliphatic heterocycles. The van der Waals surface area contributed by atoms with Gasteiger partial charge in [-0.2, -0.15) is 0 Å². The van der Waals surface area contributed by atoms with Crippen LogP contribution < -0.4 is 0 Å². The molecule has 0 fully saturated rings. The molecule has 144 valence electrons. The standard InChI is InChI=1S/C23H22N2O.C2H6/c1-4-5-7-18(13-15-26-3)19-9-11-20(12-10-19)22-16-23-21(17(2)25-22)8-6-14-24-23;1-2/h4-14,16H,1,15H2,2-3H3;1-2H3/b7-5-,18-13+;. The van der Waals surface area contributed by atoms with E-state index < -0.39 is 0 Å². The Hall–Kier alpha value is -3.04. The van der Waals surface area contributed by atoms with Gasteiger partial charge in [0.25, 0.3) is 0 Å². The zero-order valence-corrected chi connectivity index (χ0v) is 17.1. The van der Waals surface area contributed by atoms with E-state index in [4.69, 9.17) is 9.72 Å². The lowest BCUT2D eigenvalue weighted by molar-refractivity contribution is 0.234. The van der Waals surface area contributed by atoms with Crippen molar-refractivity contribution in [3.8, 4) is 11.3 Å². The number of ether oxygens (including phenoxy) is 1. The van der Waals surface area contributed by atoms with Crippen molar-refractivity contribution in [2.75, 3.05) is 13.7 Å². The van der Waals surface area contributed by atoms with Crippen LogP contribution >= 0.6 is 0 Å². The van der Waals surface area contributed by atoms with E-state index in [2.05, 4.69) is 48.0 Å². The van der Waals surface area contributed by atoms with Crippen molar-refractivity contribution in [1.29, 1.82) is 0 Å². The van der Waals surface area contributed by atoms with Gasteiger partial charge < -0.3 is 4.74 Å². The van der Waals surface area contributed by atoms with Crippen molar-refractivity contribution < 1.29 is 4.74 Å². The molecule has 0 N–H and O–H groups in total. The number of nitrogens with zero attached hydrogens (tertiary/aromatic N) is 2. The summed E-state index contributed by atoms with van der Waals surface area (Å²) in [5.74, 6) is 0. The molecule has 2 heterocycles. The maximum Gasteiger partial charge on any atom is 0.0741 e. The van der Waals surface area contributed by atoms with Crippen LogP contribution in [0.3, 0.4) is 0 Å². The lowest BCUT2D eigenvalue weighted by atomic mass is 10.0. The Morgan fingerprint density at radius 1 is 1.14 bits per heavy atom. The van der Waals surface area contributed by atoms with Crippen LogP contribution in [0.1, 0.15) is 25.1 Å². The second-order valence-electron chi connectivity index (χ2n) is 5.95. The highest BCUT2D eigenvalue weighted by atomic mass is 16.5.